The van der Waals surface area contributed by atoms with Crippen LogP contribution in [0, 0.1) is 0 Å². The van der Waals surface area contributed by atoms with Crippen molar-refractivity contribution in [3.63, 3.8) is 0 Å². The van der Waals surface area contributed by atoms with Crippen LogP contribution in [0.1, 0.15) is 36.0 Å². The van der Waals surface area contributed by atoms with E-state index in [1.165, 1.54) is 11.3 Å². The first-order chi connectivity index (χ1) is 10.2. The second kappa shape index (κ2) is 7.54. The number of hydrogen-bond donors (Lipinski definition) is 2. The molecule has 0 saturated carbocycles. The first-order valence-corrected chi connectivity index (χ1v) is 7.67. The molecule has 2 aromatic rings. The van der Waals surface area contributed by atoms with E-state index in [0.717, 1.165) is 12.8 Å². The number of carbonyl (C=O) groups excluding carboxylic acids is 2. The van der Waals surface area contributed by atoms with Crippen molar-refractivity contribution >= 4 is 34.5 Å². The molecule has 0 atom stereocenters. The number of hydrogen-bond acceptors (Lipinski definition) is 4. The minimum absolute atomic E-state index is 0.0137. The monoisotopic (exact) mass is 303 g/mol. The van der Waals surface area contributed by atoms with Gasteiger partial charge in [-0.05, 0) is 24.6 Å². The van der Waals surface area contributed by atoms with Crippen LogP contribution < -0.4 is 10.6 Å². The van der Waals surface area contributed by atoms with Gasteiger partial charge in [-0.25, -0.2) is 4.98 Å². The minimum Gasteiger partial charge on any atom is -0.326 e. The van der Waals surface area contributed by atoms with Gasteiger partial charge in [-0.1, -0.05) is 19.4 Å². The smallest absolute Gasteiger partial charge is 0.284 e. The Morgan fingerprint density at radius 2 is 2.00 bits per heavy atom. The third kappa shape index (κ3) is 4.68. The van der Waals surface area contributed by atoms with Crippen molar-refractivity contribution < 1.29 is 9.59 Å². The molecule has 0 aliphatic carbocycles. The van der Waals surface area contributed by atoms with Gasteiger partial charge < -0.3 is 10.6 Å². The maximum absolute atomic E-state index is 11.9. The second-order valence-electron chi connectivity index (χ2n) is 4.52. The third-order valence-electron chi connectivity index (χ3n) is 2.79. The largest absolute Gasteiger partial charge is 0.326 e. The molecular weight excluding hydrogens is 286 g/mol. The van der Waals surface area contributed by atoms with Gasteiger partial charge in [0.2, 0.25) is 5.91 Å². The maximum atomic E-state index is 11.9. The lowest BCUT2D eigenvalue weighted by Crippen LogP contribution is -2.13. The van der Waals surface area contributed by atoms with Gasteiger partial charge in [-0.15, -0.1) is 11.3 Å². The Balaban J connectivity index is 1.97. The molecule has 21 heavy (non-hydrogen) atoms. The highest BCUT2D eigenvalue weighted by molar-refractivity contribution is 7.11. The molecule has 2 rings (SSSR count). The molecule has 6 heteroatoms. The van der Waals surface area contributed by atoms with Gasteiger partial charge in [0.15, 0.2) is 5.01 Å². The molecule has 1 aromatic carbocycles. The lowest BCUT2D eigenvalue weighted by molar-refractivity contribution is -0.116. The molecule has 0 bridgehead atoms. The fraction of sp³-hybridized carbons (Fsp3) is 0.267. The highest BCUT2D eigenvalue weighted by Gasteiger charge is 2.09. The summed E-state index contributed by atoms with van der Waals surface area (Å²) in [7, 11) is 0. The highest BCUT2D eigenvalue weighted by atomic mass is 32.1. The fourth-order valence-electron chi connectivity index (χ4n) is 1.76. The van der Waals surface area contributed by atoms with Crippen molar-refractivity contribution in [1.29, 1.82) is 0 Å². The van der Waals surface area contributed by atoms with Crippen LogP contribution >= 0.6 is 11.3 Å². The summed E-state index contributed by atoms with van der Waals surface area (Å²) >= 11 is 1.28. The fourth-order valence-corrected chi connectivity index (χ4v) is 2.29. The van der Waals surface area contributed by atoms with E-state index in [-0.39, 0.29) is 11.8 Å². The molecule has 5 nitrogen and oxygen atoms in total. The molecule has 0 aliphatic rings. The van der Waals surface area contributed by atoms with Crippen LogP contribution in [0.25, 0.3) is 0 Å². The van der Waals surface area contributed by atoms with E-state index in [0.29, 0.717) is 22.8 Å². The normalized spacial score (nSPS) is 10.1. The Bertz CT molecular complexity index is 611. The van der Waals surface area contributed by atoms with Gasteiger partial charge in [0.1, 0.15) is 0 Å². The zero-order chi connectivity index (χ0) is 15.1. The molecular formula is C15H17N3O2S. The Kier molecular flexibility index (Phi) is 5.45. The lowest BCUT2D eigenvalue weighted by atomic mass is 10.2. The Morgan fingerprint density at radius 3 is 2.67 bits per heavy atom. The average molecular weight is 303 g/mol. The van der Waals surface area contributed by atoms with Crippen molar-refractivity contribution in [3.05, 3.63) is 40.8 Å². The number of amides is 2. The van der Waals surface area contributed by atoms with Crippen LogP contribution in [0.15, 0.2) is 35.8 Å². The van der Waals surface area contributed by atoms with E-state index in [2.05, 4.69) is 15.6 Å². The molecule has 2 amide bonds. The Hall–Kier alpha value is -2.21. The van der Waals surface area contributed by atoms with Crippen molar-refractivity contribution in [2.24, 2.45) is 0 Å². The van der Waals surface area contributed by atoms with E-state index in [1.54, 1.807) is 35.8 Å². The summed E-state index contributed by atoms with van der Waals surface area (Å²) < 4.78 is 0. The number of unbranched alkanes of at least 4 members (excludes halogenated alkanes) is 1. The van der Waals surface area contributed by atoms with Crippen LogP contribution in [0.4, 0.5) is 11.4 Å². The second-order valence-corrected chi connectivity index (χ2v) is 5.42. The number of anilines is 2. The molecule has 0 spiro atoms. The van der Waals surface area contributed by atoms with Crippen LogP contribution in [0.5, 0.6) is 0 Å². The van der Waals surface area contributed by atoms with Crippen LogP contribution in [0.3, 0.4) is 0 Å². The Labute approximate surface area is 127 Å². The molecule has 0 saturated heterocycles. The van der Waals surface area contributed by atoms with Crippen molar-refractivity contribution in [3.8, 4) is 0 Å². The molecule has 1 heterocycles. The number of carbonyl (C=O) groups is 2. The lowest BCUT2D eigenvalue weighted by Gasteiger charge is -2.08. The first kappa shape index (κ1) is 15.2. The van der Waals surface area contributed by atoms with E-state index in [9.17, 15) is 9.59 Å². The van der Waals surface area contributed by atoms with Gasteiger partial charge in [0, 0.05) is 29.4 Å². The Morgan fingerprint density at radius 1 is 1.24 bits per heavy atom. The summed E-state index contributed by atoms with van der Waals surface area (Å²) in [5, 5.41) is 7.74. The van der Waals surface area contributed by atoms with Crippen LogP contribution in [0.2, 0.25) is 0 Å². The van der Waals surface area contributed by atoms with Crippen LogP contribution in [-0.4, -0.2) is 16.8 Å². The number of nitrogens with one attached hydrogen (secondary N) is 2. The van der Waals surface area contributed by atoms with E-state index in [1.807, 2.05) is 6.92 Å². The quantitative estimate of drug-likeness (QED) is 0.857. The number of aromatic nitrogens is 1. The van der Waals surface area contributed by atoms with Gasteiger partial charge in [-0.3, -0.25) is 9.59 Å². The van der Waals surface area contributed by atoms with Gasteiger partial charge in [0.25, 0.3) is 5.91 Å². The van der Waals surface area contributed by atoms with Gasteiger partial charge in [-0.2, -0.15) is 0 Å². The molecule has 0 unspecified atom stereocenters. The molecule has 0 aliphatic heterocycles. The van der Waals surface area contributed by atoms with Gasteiger partial charge >= 0.3 is 0 Å². The first-order valence-electron chi connectivity index (χ1n) is 6.80. The van der Waals surface area contributed by atoms with Crippen LogP contribution in [-0.2, 0) is 4.79 Å². The molecule has 2 N–H and O–H groups in total. The summed E-state index contributed by atoms with van der Waals surface area (Å²) in [6.07, 6.45) is 3.94. The maximum Gasteiger partial charge on any atom is 0.284 e. The molecule has 1 aromatic heterocycles. The molecule has 110 valence electrons. The average Bonchev–Trinajstić information content (AvgIpc) is 3.00. The summed E-state index contributed by atoms with van der Waals surface area (Å²) in [5.41, 5.74) is 1.30. The topological polar surface area (TPSA) is 71.1 Å². The third-order valence-corrected chi connectivity index (χ3v) is 3.56. The predicted molar refractivity (Wildman–Crippen MR) is 84.7 cm³/mol. The summed E-state index contributed by atoms with van der Waals surface area (Å²) in [6, 6.07) is 7.08. The van der Waals surface area contributed by atoms with E-state index in [4.69, 9.17) is 0 Å². The summed E-state index contributed by atoms with van der Waals surface area (Å²) in [5.74, 6) is -0.264. The molecule has 0 fully saturated rings. The number of nitrogens with zero attached hydrogens (tertiary/aromatic N) is 1. The zero-order valence-electron chi connectivity index (χ0n) is 11.8. The van der Waals surface area contributed by atoms with Gasteiger partial charge in [0.05, 0.1) is 0 Å². The summed E-state index contributed by atoms with van der Waals surface area (Å²) in [6.45, 7) is 2.04. The zero-order valence-corrected chi connectivity index (χ0v) is 12.6. The van der Waals surface area contributed by atoms with Crippen molar-refractivity contribution in [2.75, 3.05) is 10.6 Å². The number of thiazole rings is 1. The van der Waals surface area contributed by atoms with E-state index >= 15 is 0 Å². The summed E-state index contributed by atoms with van der Waals surface area (Å²) in [4.78, 5) is 27.5. The van der Waals surface area contributed by atoms with Crippen molar-refractivity contribution in [1.82, 2.24) is 4.98 Å². The van der Waals surface area contributed by atoms with Crippen molar-refractivity contribution in [2.45, 2.75) is 26.2 Å². The SMILES string of the molecule is CCCCC(=O)Nc1cccc(NC(=O)c2nccs2)c1. The number of benzene rings is 1. The predicted octanol–water partition coefficient (Wildman–Crippen LogP) is 3.52. The standard InChI is InChI=1S/C15H17N3O2S/c1-2-3-7-13(19)17-11-5-4-6-12(10-11)18-14(20)15-16-8-9-21-15/h4-6,8-10H,2-3,7H2,1H3,(H,17,19)(H,18,20). The minimum atomic E-state index is -0.251. The highest BCUT2D eigenvalue weighted by Crippen LogP contribution is 2.17. The molecule has 0 radical (unpaired) electrons. The van der Waals surface area contributed by atoms with E-state index < -0.39 is 0 Å². The number of rotatable bonds is 6.